The van der Waals surface area contributed by atoms with E-state index in [4.69, 9.17) is 10.4 Å². The maximum Gasteiger partial charge on any atom is 0.258 e. The molecular weight excluding hydrogens is 450 g/mol. The van der Waals surface area contributed by atoms with Crippen molar-refractivity contribution in [2.24, 2.45) is 5.92 Å². The van der Waals surface area contributed by atoms with E-state index in [-0.39, 0.29) is 5.92 Å². The van der Waals surface area contributed by atoms with E-state index < -0.39 is 10.0 Å². The van der Waals surface area contributed by atoms with Crippen LogP contribution >= 0.6 is 11.3 Å². The quantitative estimate of drug-likeness (QED) is 0.365. The molecule has 4 rings (SSSR count). The van der Waals surface area contributed by atoms with Gasteiger partial charge in [0.15, 0.2) is 0 Å². The van der Waals surface area contributed by atoms with Crippen molar-refractivity contribution >= 4 is 44.3 Å². The van der Waals surface area contributed by atoms with Crippen LogP contribution in [0.4, 0.5) is 0 Å². The predicted molar refractivity (Wildman–Crippen MR) is 138 cm³/mol. The minimum absolute atomic E-state index is 0.0549. The lowest BCUT2D eigenvalue weighted by Gasteiger charge is -2.22. The zero-order valence-electron chi connectivity index (χ0n) is 19.0. The van der Waals surface area contributed by atoms with Gasteiger partial charge in [-0.25, -0.2) is 13.4 Å². The van der Waals surface area contributed by atoms with Crippen molar-refractivity contribution in [1.82, 2.24) is 9.71 Å². The van der Waals surface area contributed by atoms with Crippen LogP contribution in [0.5, 0.6) is 0 Å². The molecule has 0 fully saturated rings. The number of sulfonamides is 1. The SMILES string of the molecule is C=C=C1C=C1c1nc(C2=CC(NS(=O)(=O)C3=C(C)C=CCC3C)=CCC2)c(C(C)=CC=N)s1. The Kier molecular flexibility index (Phi) is 6.39. The highest BCUT2D eigenvalue weighted by Gasteiger charge is 2.29. The average Bonchev–Trinajstić information content (AvgIpc) is 3.42. The molecule has 1 unspecified atom stereocenters. The van der Waals surface area contributed by atoms with Crippen LogP contribution in [0.2, 0.25) is 0 Å². The molecule has 0 bridgehead atoms. The highest BCUT2D eigenvalue weighted by molar-refractivity contribution is 7.93. The third-order valence-corrected chi connectivity index (χ3v) is 8.91. The van der Waals surface area contributed by atoms with E-state index >= 15 is 0 Å². The third kappa shape index (κ3) is 4.71. The summed E-state index contributed by atoms with van der Waals surface area (Å²) < 4.78 is 29.2. The number of rotatable bonds is 7. The van der Waals surface area contributed by atoms with Crippen LogP contribution in [-0.4, -0.2) is 19.6 Å². The molecule has 1 heterocycles. The Morgan fingerprint density at radius 3 is 2.85 bits per heavy atom. The van der Waals surface area contributed by atoms with Crippen LogP contribution in [0, 0.1) is 11.3 Å². The van der Waals surface area contributed by atoms with E-state index in [2.05, 4.69) is 17.0 Å². The summed E-state index contributed by atoms with van der Waals surface area (Å²) >= 11 is 1.57. The minimum atomic E-state index is -3.65. The molecule has 2 N–H and O–H groups in total. The molecule has 0 radical (unpaired) electrons. The number of hydrogen-bond acceptors (Lipinski definition) is 5. The molecule has 7 heteroatoms. The topological polar surface area (TPSA) is 82.9 Å². The van der Waals surface area contributed by atoms with Crippen molar-refractivity contribution in [3.05, 3.63) is 86.1 Å². The fourth-order valence-corrected chi connectivity index (χ4v) is 7.02. The molecular formula is C26H27N3O2S2. The zero-order valence-corrected chi connectivity index (χ0v) is 20.7. The Labute approximate surface area is 199 Å². The maximum absolute atomic E-state index is 13.2. The van der Waals surface area contributed by atoms with Crippen LogP contribution in [0.3, 0.4) is 0 Å². The molecule has 3 aliphatic rings. The van der Waals surface area contributed by atoms with Gasteiger partial charge in [-0.3, -0.25) is 4.72 Å². The molecule has 170 valence electrons. The lowest BCUT2D eigenvalue weighted by Crippen LogP contribution is -2.28. The van der Waals surface area contributed by atoms with Gasteiger partial charge in [0.25, 0.3) is 10.0 Å². The number of nitrogens with one attached hydrogen (secondary N) is 2. The van der Waals surface area contributed by atoms with E-state index in [0.717, 1.165) is 56.3 Å². The monoisotopic (exact) mass is 477 g/mol. The predicted octanol–water partition coefficient (Wildman–Crippen LogP) is 6.15. The van der Waals surface area contributed by atoms with E-state index in [0.29, 0.717) is 17.0 Å². The Morgan fingerprint density at radius 1 is 1.39 bits per heavy atom. The van der Waals surface area contributed by atoms with Crippen molar-refractivity contribution in [2.75, 3.05) is 0 Å². The molecule has 33 heavy (non-hydrogen) atoms. The van der Waals surface area contributed by atoms with Gasteiger partial charge in [-0.2, -0.15) is 0 Å². The highest BCUT2D eigenvalue weighted by atomic mass is 32.2. The second-order valence-electron chi connectivity index (χ2n) is 8.42. The van der Waals surface area contributed by atoms with Crippen molar-refractivity contribution in [3.8, 4) is 0 Å². The van der Waals surface area contributed by atoms with Crippen LogP contribution in [0.1, 0.15) is 55.6 Å². The smallest absolute Gasteiger partial charge is 0.258 e. The van der Waals surface area contributed by atoms with Gasteiger partial charge in [0.05, 0.1) is 15.5 Å². The van der Waals surface area contributed by atoms with Crippen molar-refractivity contribution in [1.29, 1.82) is 5.41 Å². The number of aromatic nitrogens is 1. The van der Waals surface area contributed by atoms with Gasteiger partial charge in [-0.05, 0) is 74.0 Å². The summed E-state index contributed by atoms with van der Waals surface area (Å²) in [6, 6.07) is 0. The first kappa shape index (κ1) is 23.2. The number of allylic oxidation sites excluding steroid dienone is 12. The van der Waals surface area contributed by atoms with Gasteiger partial charge < -0.3 is 5.41 Å². The molecule has 1 aromatic rings. The largest absolute Gasteiger partial charge is 0.309 e. The molecule has 0 aromatic carbocycles. The van der Waals surface area contributed by atoms with E-state index in [9.17, 15) is 8.42 Å². The third-order valence-electron chi connectivity index (χ3n) is 5.88. The highest BCUT2D eigenvalue weighted by Crippen LogP contribution is 2.43. The summed E-state index contributed by atoms with van der Waals surface area (Å²) in [4.78, 5) is 6.34. The van der Waals surface area contributed by atoms with Gasteiger partial charge in [-0.1, -0.05) is 31.7 Å². The molecule has 0 amide bonds. The summed E-state index contributed by atoms with van der Waals surface area (Å²) in [5, 5.41) is 8.36. The standard InChI is InChI=1S/C26H27N3O2S2/c1-5-19-15-22(19)26-28-23(24(32-26)16(2)12-13-27)20-10-7-11-21(14-20)29-33(30,31)25-17(3)8-6-9-18(25)4/h6,8,11-15,18,27,29H,1,7,9-10H2,2-4H3. The van der Waals surface area contributed by atoms with Crippen molar-refractivity contribution < 1.29 is 8.42 Å². The van der Waals surface area contributed by atoms with Crippen molar-refractivity contribution in [3.63, 3.8) is 0 Å². The Morgan fingerprint density at radius 2 is 2.18 bits per heavy atom. The molecule has 0 saturated heterocycles. The molecule has 1 aromatic heterocycles. The maximum atomic E-state index is 13.2. The number of nitrogens with zero attached hydrogens (tertiary/aromatic N) is 1. The molecule has 5 nitrogen and oxygen atoms in total. The van der Waals surface area contributed by atoms with Gasteiger partial charge in [0.1, 0.15) is 5.01 Å². The first-order valence-corrected chi connectivity index (χ1v) is 13.2. The van der Waals surface area contributed by atoms with Crippen LogP contribution < -0.4 is 4.72 Å². The van der Waals surface area contributed by atoms with E-state index in [1.807, 2.05) is 51.2 Å². The molecule has 3 aliphatic carbocycles. The second-order valence-corrected chi connectivity index (χ2v) is 11.1. The summed E-state index contributed by atoms with van der Waals surface area (Å²) in [5.41, 5.74) is 9.05. The Balaban J connectivity index is 1.69. The first-order valence-electron chi connectivity index (χ1n) is 10.9. The summed E-state index contributed by atoms with van der Waals surface area (Å²) in [5.74, 6) is -0.0549. The molecule has 1 atom stereocenters. The molecule has 0 saturated carbocycles. The summed E-state index contributed by atoms with van der Waals surface area (Å²) in [6.07, 6.45) is 14.9. The van der Waals surface area contributed by atoms with Crippen molar-refractivity contribution in [2.45, 2.75) is 40.0 Å². The summed E-state index contributed by atoms with van der Waals surface area (Å²) in [7, 11) is -3.65. The lowest BCUT2D eigenvalue weighted by atomic mass is 9.98. The van der Waals surface area contributed by atoms with Crippen LogP contribution in [0.15, 0.2) is 70.5 Å². The first-order chi connectivity index (χ1) is 15.7. The summed E-state index contributed by atoms with van der Waals surface area (Å²) in [6.45, 7) is 9.46. The lowest BCUT2D eigenvalue weighted by molar-refractivity contribution is 0.582. The average molecular weight is 478 g/mol. The van der Waals surface area contributed by atoms with Gasteiger partial charge in [-0.15, -0.1) is 17.1 Å². The van der Waals surface area contributed by atoms with E-state index in [1.165, 1.54) is 6.21 Å². The van der Waals surface area contributed by atoms with Gasteiger partial charge >= 0.3 is 0 Å². The fraction of sp³-hybridized carbons (Fsp3) is 0.269. The second kappa shape index (κ2) is 9.10. The minimum Gasteiger partial charge on any atom is -0.309 e. The Bertz CT molecular complexity index is 1370. The van der Waals surface area contributed by atoms with Gasteiger partial charge in [0.2, 0.25) is 0 Å². The molecule has 0 spiro atoms. The number of thiazole rings is 1. The number of hydrogen-bond donors (Lipinski definition) is 2. The van der Waals surface area contributed by atoms with Gasteiger partial charge in [0, 0.05) is 23.1 Å². The van der Waals surface area contributed by atoms with Crippen LogP contribution in [-0.2, 0) is 10.0 Å². The van der Waals surface area contributed by atoms with Crippen LogP contribution in [0.25, 0.3) is 16.7 Å². The fourth-order valence-electron chi connectivity index (χ4n) is 4.23. The van der Waals surface area contributed by atoms with E-state index in [1.54, 1.807) is 17.4 Å². The normalized spacial score (nSPS) is 20.7. The Hall–Kier alpha value is -2.99. The zero-order chi connectivity index (χ0) is 23.8. The molecule has 0 aliphatic heterocycles.